The molecule has 0 aromatic carbocycles. The molecule has 136 valence electrons. The summed E-state index contributed by atoms with van der Waals surface area (Å²) in [6, 6.07) is 1.74. The van der Waals surface area contributed by atoms with E-state index in [2.05, 4.69) is 15.5 Å². The zero-order valence-corrected chi connectivity index (χ0v) is 15.1. The van der Waals surface area contributed by atoms with E-state index in [4.69, 9.17) is 9.62 Å². The fourth-order valence-electron chi connectivity index (χ4n) is 2.38. The number of carbonyl (C=O) groups excluding carboxylic acids is 1. The highest BCUT2D eigenvalue weighted by molar-refractivity contribution is 8.16. The first-order chi connectivity index (χ1) is 11.8. The molecule has 2 heterocycles. The van der Waals surface area contributed by atoms with Crippen LogP contribution < -0.4 is 10.9 Å². The van der Waals surface area contributed by atoms with Crippen LogP contribution in [0.3, 0.4) is 0 Å². The van der Waals surface area contributed by atoms with E-state index in [1.54, 1.807) is 13.8 Å². The van der Waals surface area contributed by atoms with Crippen molar-refractivity contribution in [2.24, 2.45) is 10.1 Å². The van der Waals surface area contributed by atoms with E-state index in [0.29, 0.717) is 22.9 Å². The number of oxime groups is 1. The molecule has 2 rings (SSSR count). The molecule has 9 heteroatoms. The van der Waals surface area contributed by atoms with Gasteiger partial charge in [0.25, 0.3) is 0 Å². The minimum atomic E-state index is -1.02. The van der Waals surface area contributed by atoms with Gasteiger partial charge in [0.05, 0.1) is 12.1 Å². The van der Waals surface area contributed by atoms with Crippen molar-refractivity contribution >= 4 is 28.4 Å². The first-order valence-corrected chi connectivity index (χ1v) is 8.84. The van der Waals surface area contributed by atoms with E-state index in [0.717, 1.165) is 12.5 Å². The molecule has 3 N–H and O–H groups in total. The maximum Gasteiger partial charge on any atom is 0.339 e. The highest BCUT2D eigenvalue weighted by atomic mass is 32.2. The second kappa shape index (κ2) is 7.73. The Kier molecular flexibility index (Phi) is 5.89. The van der Waals surface area contributed by atoms with Crippen LogP contribution in [0.5, 0.6) is 5.75 Å². The van der Waals surface area contributed by atoms with Gasteiger partial charge in [0.2, 0.25) is 5.91 Å². The fraction of sp³-hybridized carbons (Fsp3) is 0.500. The second-order valence-corrected chi connectivity index (χ2v) is 6.98. The summed E-state index contributed by atoms with van der Waals surface area (Å²) in [6.45, 7) is 5.23. The van der Waals surface area contributed by atoms with E-state index in [9.17, 15) is 14.7 Å². The Hall–Kier alpha value is -2.29. The molecule has 0 bridgehead atoms. The lowest BCUT2D eigenvalue weighted by molar-refractivity contribution is -0.125. The summed E-state index contributed by atoms with van der Waals surface area (Å²) in [5.74, 6) is 0.0698. The molecule has 0 fully saturated rings. The summed E-state index contributed by atoms with van der Waals surface area (Å²) in [4.78, 5) is 28.6. The molecule has 1 aromatic heterocycles. The van der Waals surface area contributed by atoms with E-state index in [-0.39, 0.29) is 17.4 Å². The van der Waals surface area contributed by atoms with E-state index in [1.165, 1.54) is 17.8 Å². The Labute approximate surface area is 149 Å². The van der Waals surface area contributed by atoms with Gasteiger partial charge in [-0.3, -0.25) is 9.79 Å². The maximum atomic E-state index is 12.7. The highest BCUT2D eigenvalue weighted by Gasteiger charge is 2.40. The van der Waals surface area contributed by atoms with Crippen molar-refractivity contribution in [3.05, 3.63) is 28.3 Å². The number of thioether (sulfide) groups is 1. The monoisotopic (exact) mass is 367 g/mol. The Morgan fingerprint density at radius 3 is 2.88 bits per heavy atom. The van der Waals surface area contributed by atoms with Crippen molar-refractivity contribution in [2.45, 2.75) is 45.2 Å². The Bertz CT molecular complexity index is 773. The van der Waals surface area contributed by atoms with Crippen molar-refractivity contribution in [3.8, 4) is 5.75 Å². The molecular formula is C16H21N3O5S. The zero-order valence-electron chi connectivity index (χ0n) is 14.3. The third kappa shape index (κ3) is 4.41. The Morgan fingerprint density at radius 1 is 1.56 bits per heavy atom. The van der Waals surface area contributed by atoms with Crippen molar-refractivity contribution in [2.75, 3.05) is 5.75 Å². The van der Waals surface area contributed by atoms with Gasteiger partial charge in [-0.05, 0) is 20.3 Å². The smallest absolute Gasteiger partial charge is 0.339 e. The first kappa shape index (κ1) is 19.0. The highest BCUT2D eigenvalue weighted by Crippen LogP contribution is 2.30. The van der Waals surface area contributed by atoms with E-state index in [1.807, 2.05) is 6.92 Å². The van der Waals surface area contributed by atoms with Crippen LogP contribution in [-0.2, 0) is 4.79 Å². The molecule has 8 nitrogen and oxygen atoms in total. The molecule has 1 aliphatic rings. The van der Waals surface area contributed by atoms with E-state index >= 15 is 0 Å². The number of aromatic hydroxyl groups is 1. The van der Waals surface area contributed by atoms with Crippen molar-refractivity contribution in [1.29, 1.82) is 0 Å². The van der Waals surface area contributed by atoms with Gasteiger partial charge in [0, 0.05) is 11.8 Å². The molecule has 1 aliphatic heterocycles. The van der Waals surface area contributed by atoms with Crippen molar-refractivity contribution in [1.82, 2.24) is 5.32 Å². The van der Waals surface area contributed by atoms with Crippen LogP contribution in [0.2, 0.25) is 0 Å². The zero-order chi connectivity index (χ0) is 18.6. The Balaban J connectivity index is 2.23. The Morgan fingerprint density at radius 2 is 2.28 bits per heavy atom. The number of hydrogen-bond acceptors (Lipinski definition) is 8. The van der Waals surface area contributed by atoms with Crippen LogP contribution in [0.25, 0.3) is 0 Å². The summed E-state index contributed by atoms with van der Waals surface area (Å²) >= 11 is 1.34. The van der Waals surface area contributed by atoms with Gasteiger partial charge >= 0.3 is 5.63 Å². The van der Waals surface area contributed by atoms with Crippen LogP contribution in [-0.4, -0.2) is 38.3 Å². The number of aliphatic imine (C=N–C) groups is 1. The van der Waals surface area contributed by atoms with Crippen molar-refractivity contribution in [3.63, 3.8) is 0 Å². The minimum Gasteiger partial charge on any atom is -0.508 e. The molecular weight excluding hydrogens is 346 g/mol. The second-order valence-electron chi connectivity index (χ2n) is 6.02. The topological polar surface area (TPSA) is 124 Å². The lowest BCUT2D eigenvalue weighted by Crippen LogP contribution is -2.45. The number of amides is 1. The van der Waals surface area contributed by atoms with Gasteiger partial charge in [-0.2, -0.15) is 0 Å². The number of rotatable bonds is 6. The maximum absolute atomic E-state index is 12.7. The van der Waals surface area contributed by atoms with Crippen LogP contribution in [0, 0.1) is 0 Å². The molecule has 0 saturated heterocycles. The lowest BCUT2D eigenvalue weighted by atomic mass is 10.0. The van der Waals surface area contributed by atoms with Gasteiger partial charge in [0.1, 0.15) is 27.8 Å². The number of hydrogen-bond donors (Lipinski definition) is 3. The molecule has 1 amide bonds. The molecule has 1 aromatic rings. The standard InChI is InChI=1S/C16H21N3O5S/c1-4-5-11(12-6-10(20)7-13(21)24-12)17-15(22)16(3)8-25-14(18-16)9(2)19-23/h6-7,11,20,23H,4-5,8H2,1-3H3,(H,17,22)/b19-9+/t11-,16?/m1/s1. The van der Waals surface area contributed by atoms with Crippen LogP contribution >= 0.6 is 11.8 Å². The summed E-state index contributed by atoms with van der Waals surface area (Å²) in [7, 11) is 0. The molecule has 0 spiro atoms. The summed E-state index contributed by atoms with van der Waals surface area (Å²) in [5.41, 5.74) is -1.34. The predicted molar refractivity (Wildman–Crippen MR) is 95.6 cm³/mol. The third-order valence-corrected chi connectivity index (χ3v) is 5.15. The first-order valence-electron chi connectivity index (χ1n) is 7.85. The average Bonchev–Trinajstić information content (AvgIpc) is 2.96. The van der Waals surface area contributed by atoms with Crippen LogP contribution in [0.1, 0.15) is 45.4 Å². The molecule has 25 heavy (non-hydrogen) atoms. The SMILES string of the molecule is CCC[C@@H](NC(=O)C1(C)CSC(/C(C)=N/O)=N1)c1cc(O)cc(=O)o1. The van der Waals surface area contributed by atoms with Crippen LogP contribution in [0.15, 0.2) is 31.5 Å². The summed E-state index contributed by atoms with van der Waals surface area (Å²) < 4.78 is 5.12. The predicted octanol–water partition coefficient (Wildman–Crippen LogP) is 2.06. The number of nitrogens with zero attached hydrogens (tertiary/aromatic N) is 2. The largest absolute Gasteiger partial charge is 0.508 e. The van der Waals surface area contributed by atoms with Gasteiger partial charge in [-0.1, -0.05) is 18.5 Å². The lowest BCUT2D eigenvalue weighted by Gasteiger charge is -2.23. The average molecular weight is 367 g/mol. The molecule has 0 saturated carbocycles. The third-order valence-electron chi connectivity index (χ3n) is 3.79. The quantitative estimate of drug-likeness (QED) is 0.401. The molecule has 2 atom stereocenters. The van der Waals surface area contributed by atoms with Crippen LogP contribution in [0.4, 0.5) is 0 Å². The minimum absolute atomic E-state index is 0.201. The fourth-order valence-corrected chi connectivity index (χ4v) is 3.51. The van der Waals surface area contributed by atoms with Gasteiger partial charge in [0.15, 0.2) is 0 Å². The number of nitrogens with one attached hydrogen (secondary N) is 1. The van der Waals surface area contributed by atoms with Gasteiger partial charge < -0.3 is 20.0 Å². The normalized spacial score (nSPS) is 21.7. The summed E-state index contributed by atoms with van der Waals surface area (Å²) in [6.07, 6.45) is 1.27. The van der Waals surface area contributed by atoms with Gasteiger partial charge in [-0.15, -0.1) is 11.8 Å². The molecule has 1 unspecified atom stereocenters. The van der Waals surface area contributed by atoms with Gasteiger partial charge in [-0.25, -0.2) is 4.79 Å². The summed E-state index contributed by atoms with van der Waals surface area (Å²) in [5, 5.41) is 24.9. The molecule has 0 aliphatic carbocycles. The van der Waals surface area contributed by atoms with E-state index < -0.39 is 17.2 Å². The molecule has 0 radical (unpaired) electrons. The van der Waals surface area contributed by atoms with Crippen molar-refractivity contribution < 1.29 is 19.5 Å². The number of carbonyl (C=O) groups is 1.